The molecule has 0 saturated carbocycles. The van der Waals surface area contributed by atoms with Crippen molar-refractivity contribution in [1.29, 1.82) is 0 Å². The molecular formula is C18H19NO4. The lowest BCUT2D eigenvalue weighted by atomic mass is 10.1. The third-order valence-corrected chi connectivity index (χ3v) is 3.48. The van der Waals surface area contributed by atoms with Crippen LogP contribution in [0, 0.1) is 17.0 Å². The lowest BCUT2D eigenvalue weighted by molar-refractivity contribution is -0.385. The van der Waals surface area contributed by atoms with Gasteiger partial charge < -0.3 is 4.74 Å². The number of nitro benzene ring substituents is 1. The molecule has 0 spiro atoms. The summed E-state index contributed by atoms with van der Waals surface area (Å²) in [5.41, 5.74) is 2.36. The Labute approximate surface area is 135 Å². The van der Waals surface area contributed by atoms with Crippen molar-refractivity contribution in [1.82, 2.24) is 0 Å². The van der Waals surface area contributed by atoms with Gasteiger partial charge in [0.2, 0.25) is 0 Å². The standard InChI is InChI=1S/C18H19NO4/c1-3-4-14-6-8-15(9-7-14)17(20)12-23-18-10-5-13(2)11-16(18)19(21)22/h5-11H,3-4,12H2,1-2H3. The summed E-state index contributed by atoms with van der Waals surface area (Å²) in [6.45, 7) is 3.64. The molecule has 0 heterocycles. The SMILES string of the molecule is CCCc1ccc(C(=O)COc2ccc(C)cc2[N+](=O)[O-])cc1. The smallest absolute Gasteiger partial charge is 0.311 e. The number of rotatable bonds is 7. The molecule has 0 fully saturated rings. The molecule has 2 aromatic carbocycles. The van der Waals surface area contributed by atoms with Crippen molar-refractivity contribution in [3.63, 3.8) is 0 Å². The molecule has 0 unspecified atom stereocenters. The Morgan fingerprint density at radius 3 is 2.48 bits per heavy atom. The Bertz CT molecular complexity index is 707. The van der Waals surface area contributed by atoms with Gasteiger partial charge in [-0.25, -0.2) is 0 Å². The average molecular weight is 313 g/mol. The Kier molecular flexibility index (Phi) is 5.46. The summed E-state index contributed by atoms with van der Waals surface area (Å²) < 4.78 is 5.36. The number of nitrogens with zero attached hydrogens (tertiary/aromatic N) is 1. The van der Waals surface area contributed by atoms with Gasteiger partial charge in [0.25, 0.3) is 0 Å². The number of hydrogen-bond donors (Lipinski definition) is 0. The van der Waals surface area contributed by atoms with E-state index in [2.05, 4.69) is 6.92 Å². The van der Waals surface area contributed by atoms with E-state index >= 15 is 0 Å². The molecule has 0 saturated heterocycles. The van der Waals surface area contributed by atoms with Gasteiger partial charge in [-0.1, -0.05) is 43.7 Å². The van der Waals surface area contributed by atoms with Gasteiger partial charge in [0.1, 0.15) is 0 Å². The van der Waals surface area contributed by atoms with E-state index in [1.807, 2.05) is 12.1 Å². The summed E-state index contributed by atoms with van der Waals surface area (Å²) in [4.78, 5) is 22.7. The number of carbonyl (C=O) groups excluding carboxylic acids is 1. The number of ketones is 1. The van der Waals surface area contributed by atoms with Crippen molar-refractivity contribution < 1.29 is 14.5 Å². The van der Waals surface area contributed by atoms with E-state index in [0.29, 0.717) is 5.56 Å². The molecule has 2 rings (SSSR count). The Morgan fingerprint density at radius 1 is 1.17 bits per heavy atom. The highest BCUT2D eigenvalue weighted by Gasteiger charge is 2.16. The predicted octanol–water partition coefficient (Wildman–Crippen LogP) is 4.12. The molecule has 0 amide bonds. The molecule has 0 aromatic heterocycles. The van der Waals surface area contributed by atoms with Crippen LogP contribution >= 0.6 is 0 Å². The summed E-state index contributed by atoms with van der Waals surface area (Å²) in [7, 11) is 0. The highest BCUT2D eigenvalue weighted by Crippen LogP contribution is 2.27. The van der Waals surface area contributed by atoms with E-state index in [0.717, 1.165) is 18.4 Å². The maximum atomic E-state index is 12.1. The number of hydrogen-bond acceptors (Lipinski definition) is 4. The minimum Gasteiger partial charge on any atom is -0.478 e. The van der Waals surface area contributed by atoms with E-state index in [9.17, 15) is 14.9 Å². The largest absolute Gasteiger partial charge is 0.478 e. The highest BCUT2D eigenvalue weighted by atomic mass is 16.6. The maximum Gasteiger partial charge on any atom is 0.311 e. The second-order valence-electron chi connectivity index (χ2n) is 5.39. The first-order chi connectivity index (χ1) is 11.0. The second-order valence-corrected chi connectivity index (χ2v) is 5.39. The molecule has 2 aromatic rings. The van der Waals surface area contributed by atoms with Crippen molar-refractivity contribution in [3.8, 4) is 5.75 Å². The van der Waals surface area contributed by atoms with Crippen molar-refractivity contribution in [2.75, 3.05) is 6.61 Å². The molecule has 0 bridgehead atoms. The van der Waals surface area contributed by atoms with Crippen molar-refractivity contribution in [3.05, 3.63) is 69.3 Å². The number of benzene rings is 2. The van der Waals surface area contributed by atoms with Crippen molar-refractivity contribution >= 4 is 11.5 Å². The van der Waals surface area contributed by atoms with Gasteiger partial charge in [0, 0.05) is 11.6 Å². The van der Waals surface area contributed by atoms with Crippen LogP contribution in [0.25, 0.3) is 0 Å². The van der Waals surface area contributed by atoms with Gasteiger partial charge in [-0.2, -0.15) is 0 Å². The first-order valence-electron chi connectivity index (χ1n) is 7.51. The zero-order chi connectivity index (χ0) is 16.8. The number of aryl methyl sites for hydroxylation is 2. The highest BCUT2D eigenvalue weighted by molar-refractivity contribution is 5.97. The van der Waals surface area contributed by atoms with Gasteiger partial charge in [0.15, 0.2) is 18.1 Å². The molecule has 0 radical (unpaired) electrons. The number of ether oxygens (including phenoxy) is 1. The fourth-order valence-electron chi connectivity index (χ4n) is 2.26. The lowest BCUT2D eigenvalue weighted by Crippen LogP contribution is -2.12. The zero-order valence-electron chi connectivity index (χ0n) is 13.2. The molecule has 5 heteroatoms. The van der Waals surface area contributed by atoms with Crippen molar-refractivity contribution in [2.45, 2.75) is 26.7 Å². The van der Waals surface area contributed by atoms with Crippen LogP contribution < -0.4 is 4.74 Å². The van der Waals surface area contributed by atoms with Crippen LogP contribution in [0.1, 0.15) is 34.8 Å². The molecule has 23 heavy (non-hydrogen) atoms. The third kappa shape index (κ3) is 4.39. The van der Waals surface area contributed by atoms with Crippen molar-refractivity contribution in [2.24, 2.45) is 0 Å². The minimum absolute atomic E-state index is 0.108. The Hall–Kier alpha value is -2.69. The predicted molar refractivity (Wildman–Crippen MR) is 88.1 cm³/mol. The van der Waals surface area contributed by atoms with Crippen LogP contribution in [0.5, 0.6) is 5.75 Å². The quantitative estimate of drug-likeness (QED) is 0.438. The normalized spacial score (nSPS) is 10.3. The molecular weight excluding hydrogens is 294 g/mol. The summed E-state index contributed by atoms with van der Waals surface area (Å²) in [5, 5.41) is 11.0. The minimum atomic E-state index is -0.508. The van der Waals surface area contributed by atoms with Crippen LogP contribution in [-0.4, -0.2) is 17.3 Å². The summed E-state index contributed by atoms with van der Waals surface area (Å²) in [6.07, 6.45) is 2.02. The molecule has 0 aliphatic carbocycles. The fourth-order valence-corrected chi connectivity index (χ4v) is 2.26. The van der Waals surface area contributed by atoms with Crippen LogP contribution in [0.15, 0.2) is 42.5 Å². The monoisotopic (exact) mass is 313 g/mol. The molecule has 0 aliphatic heterocycles. The van der Waals surface area contributed by atoms with E-state index in [4.69, 9.17) is 4.74 Å². The lowest BCUT2D eigenvalue weighted by Gasteiger charge is -2.07. The number of carbonyl (C=O) groups is 1. The van der Waals surface area contributed by atoms with Gasteiger partial charge in [-0.05, 0) is 30.5 Å². The summed E-state index contributed by atoms with van der Waals surface area (Å²) in [6, 6.07) is 12.0. The second kappa shape index (κ2) is 7.54. The van der Waals surface area contributed by atoms with Gasteiger partial charge in [-0.3, -0.25) is 14.9 Å². The first-order valence-corrected chi connectivity index (χ1v) is 7.51. The average Bonchev–Trinajstić information content (AvgIpc) is 2.54. The van der Waals surface area contributed by atoms with Crippen LogP contribution in [0.3, 0.4) is 0 Å². The van der Waals surface area contributed by atoms with Gasteiger partial charge in [-0.15, -0.1) is 0 Å². The first kappa shape index (κ1) is 16.7. The van der Waals surface area contributed by atoms with Crippen LogP contribution in [0.2, 0.25) is 0 Å². The van der Waals surface area contributed by atoms with Crippen LogP contribution in [-0.2, 0) is 6.42 Å². The number of nitro groups is 1. The third-order valence-electron chi connectivity index (χ3n) is 3.48. The summed E-state index contributed by atoms with van der Waals surface area (Å²) >= 11 is 0. The Morgan fingerprint density at radius 2 is 1.87 bits per heavy atom. The van der Waals surface area contributed by atoms with E-state index in [1.54, 1.807) is 25.1 Å². The molecule has 5 nitrogen and oxygen atoms in total. The summed E-state index contributed by atoms with van der Waals surface area (Å²) in [5.74, 6) is -0.0977. The fraction of sp³-hybridized carbons (Fsp3) is 0.278. The topological polar surface area (TPSA) is 69.4 Å². The van der Waals surface area contributed by atoms with Gasteiger partial charge >= 0.3 is 5.69 Å². The molecule has 0 aliphatic rings. The van der Waals surface area contributed by atoms with E-state index in [1.165, 1.54) is 17.7 Å². The molecule has 0 atom stereocenters. The Balaban J connectivity index is 2.06. The zero-order valence-corrected chi connectivity index (χ0v) is 13.2. The van der Waals surface area contributed by atoms with E-state index < -0.39 is 4.92 Å². The molecule has 0 N–H and O–H groups in total. The maximum absolute atomic E-state index is 12.1. The van der Waals surface area contributed by atoms with Gasteiger partial charge in [0.05, 0.1) is 4.92 Å². The van der Waals surface area contributed by atoms with E-state index in [-0.39, 0.29) is 23.8 Å². The van der Waals surface area contributed by atoms with Crippen LogP contribution in [0.4, 0.5) is 5.69 Å². The number of Topliss-reactive ketones (excluding diaryl/α,β-unsaturated/α-hetero) is 1. The molecule has 120 valence electrons.